The van der Waals surface area contributed by atoms with Gasteiger partial charge in [0.15, 0.2) is 5.76 Å². The fraction of sp³-hybridized carbons (Fsp3) is 0.269. The van der Waals surface area contributed by atoms with Gasteiger partial charge in [-0.05, 0) is 62.1 Å². The maximum Gasteiger partial charge on any atom is 0.289 e. The Labute approximate surface area is 201 Å². The van der Waals surface area contributed by atoms with Crippen molar-refractivity contribution in [2.24, 2.45) is 0 Å². The number of rotatable bonds is 4. The average Bonchev–Trinajstić information content (AvgIpc) is 3.52. The third-order valence-electron chi connectivity index (χ3n) is 6.53. The lowest BCUT2D eigenvalue weighted by molar-refractivity contribution is 0.0683. The van der Waals surface area contributed by atoms with Crippen LogP contribution in [0.25, 0.3) is 11.0 Å². The Morgan fingerprint density at radius 2 is 1.88 bits per heavy atom. The number of phenolic OH excluding ortho intramolecular Hbond substituents is 1. The number of likely N-dealkylation sites (tertiary alicyclic amines) is 1. The number of furan rings is 1. The third kappa shape index (κ3) is 4.17. The van der Waals surface area contributed by atoms with Crippen LogP contribution < -0.4 is 5.32 Å². The zero-order valence-corrected chi connectivity index (χ0v) is 19.8. The highest BCUT2D eigenvalue weighted by molar-refractivity contribution is 7.10. The highest BCUT2D eigenvalue weighted by Gasteiger charge is 2.28. The number of nitrogens with one attached hydrogen (secondary N) is 1. The maximum atomic E-state index is 12.9. The van der Waals surface area contributed by atoms with Crippen molar-refractivity contribution in [3.8, 4) is 5.75 Å². The molecule has 0 aliphatic carbocycles. The van der Waals surface area contributed by atoms with Crippen molar-refractivity contribution >= 4 is 39.8 Å². The Morgan fingerprint density at radius 1 is 1.12 bits per heavy atom. The molecule has 2 aromatic heterocycles. The molecular formula is C26H25N3O4S. The number of carbonyl (C=O) groups excluding carboxylic acids is 2. The Morgan fingerprint density at radius 3 is 2.65 bits per heavy atom. The standard InChI is InChI=1S/C26H25N3O4S/c1-15-16(2)21(30)8-7-19(15)27-24(31)20-14-34-25(28-20)17-9-11-29(12-10-17)26(32)23-13-18-5-3-4-6-22(18)33-23/h3-8,13-14,17,30H,9-12H2,1-2H3,(H,27,31). The number of hydrogen-bond acceptors (Lipinski definition) is 6. The molecule has 0 radical (unpaired) electrons. The van der Waals surface area contributed by atoms with Crippen LogP contribution in [0.4, 0.5) is 5.69 Å². The molecule has 0 bridgehead atoms. The SMILES string of the molecule is Cc1c(O)ccc(NC(=O)c2csc(C3CCN(C(=O)c4cc5ccccc5o4)CC3)n2)c1C. The summed E-state index contributed by atoms with van der Waals surface area (Å²) in [5, 5.41) is 16.3. The van der Waals surface area contributed by atoms with Crippen LogP contribution in [-0.4, -0.2) is 39.9 Å². The van der Waals surface area contributed by atoms with Crippen molar-refractivity contribution in [2.45, 2.75) is 32.6 Å². The minimum absolute atomic E-state index is 0.0894. The van der Waals surface area contributed by atoms with E-state index in [4.69, 9.17) is 4.42 Å². The summed E-state index contributed by atoms with van der Waals surface area (Å²) >= 11 is 1.48. The Balaban J connectivity index is 1.21. The van der Waals surface area contributed by atoms with Gasteiger partial charge in [-0.25, -0.2) is 4.98 Å². The molecule has 0 spiro atoms. The van der Waals surface area contributed by atoms with Crippen LogP contribution in [0.1, 0.15) is 55.9 Å². The molecule has 1 aliphatic heterocycles. The third-order valence-corrected chi connectivity index (χ3v) is 7.54. The Kier molecular flexibility index (Phi) is 5.83. The first kappa shape index (κ1) is 22.2. The van der Waals surface area contributed by atoms with E-state index in [0.29, 0.717) is 35.8 Å². The highest BCUT2D eigenvalue weighted by Crippen LogP contribution is 2.32. The zero-order chi connectivity index (χ0) is 23.8. The van der Waals surface area contributed by atoms with E-state index in [1.165, 1.54) is 11.3 Å². The molecule has 34 heavy (non-hydrogen) atoms. The van der Waals surface area contributed by atoms with Crippen molar-refractivity contribution in [3.63, 3.8) is 0 Å². The van der Waals surface area contributed by atoms with Gasteiger partial charge in [0.25, 0.3) is 11.8 Å². The van der Waals surface area contributed by atoms with Crippen molar-refractivity contribution in [1.29, 1.82) is 0 Å². The number of para-hydroxylation sites is 1. The van der Waals surface area contributed by atoms with E-state index < -0.39 is 0 Å². The smallest absolute Gasteiger partial charge is 0.289 e. The van der Waals surface area contributed by atoms with Gasteiger partial charge in [0.2, 0.25) is 0 Å². The molecule has 1 saturated heterocycles. The van der Waals surface area contributed by atoms with Gasteiger partial charge in [0.05, 0.1) is 5.01 Å². The number of piperidine rings is 1. The highest BCUT2D eigenvalue weighted by atomic mass is 32.1. The molecule has 3 heterocycles. The molecule has 2 amide bonds. The molecule has 1 fully saturated rings. The number of aromatic nitrogens is 1. The molecule has 174 valence electrons. The van der Waals surface area contributed by atoms with Crippen LogP contribution in [0.5, 0.6) is 5.75 Å². The van der Waals surface area contributed by atoms with Crippen LogP contribution in [0.3, 0.4) is 0 Å². The van der Waals surface area contributed by atoms with Crippen LogP contribution >= 0.6 is 11.3 Å². The fourth-order valence-electron chi connectivity index (χ4n) is 4.28. The van der Waals surface area contributed by atoms with Crippen LogP contribution in [-0.2, 0) is 0 Å². The van der Waals surface area contributed by atoms with E-state index in [-0.39, 0.29) is 23.5 Å². The van der Waals surface area contributed by atoms with Gasteiger partial charge in [-0.3, -0.25) is 9.59 Å². The molecule has 5 rings (SSSR count). The first-order chi connectivity index (χ1) is 16.4. The summed E-state index contributed by atoms with van der Waals surface area (Å²) in [5.41, 5.74) is 3.32. The monoisotopic (exact) mass is 475 g/mol. The van der Waals surface area contributed by atoms with Gasteiger partial charge in [-0.1, -0.05) is 18.2 Å². The van der Waals surface area contributed by atoms with Gasteiger partial charge >= 0.3 is 0 Å². The largest absolute Gasteiger partial charge is 0.508 e. The first-order valence-corrected chi connectivity index (χ1v) is 12.1. The van der Waals surface area contributed by atoms with E-state index in [1.54, 1.807) is 23.6 Å². The first-order valence-electron chi connectivity index (χ1n) is 11.2. The molecule has 0 saturated carbocycles. The van der Waals surface area contributed by atoms with Gasteiger partial charge in [0, 0.05) is 35.5 Å². The number of carbonyl (C=O) groups is 2. The summed E-state index contributed by atoms with van der Waals surface area (Å²) in [6.07, 6.45) is 1.58. The minimum Gasteiger partial charge on any atom is -0.508 e. The quantitative estimate of drug-likeness (QED) is 0.381. The topological polar surface area (TPSA) is 95.7 Å². The molecule has 8 heteroatoms. The van der Waals surface area contributed by atoms with Gasteiger partial charge in [0.1, 0.15) is 17.0 Å². The van der Waals surface area contributed by atoms with Crippen molar-refractivity contribution in [2.75, 3.05) is 18.4 Å². The Bertz CT molecular complexity index is 1350. The molecule has 7 nitrogen and oxygen atoms in total. The number of aromatic hydroxyl groups is 1. The minimum atomic E-state index is -0.270. The summed E-state index contributed by atoms with van der Waals surface area (Å²) in [5.74, 6) is 0.426. The van der Waals surface area contributed by atoms with E-state index >= 15 is 0 Å². The maximum absolute atomic E-state index is 12.9. The van der Waals surface area contributed by atoms with Crippen LogP contribution in [0, 0.1) is 13.8 Å². The molecular weight excluding hydrogens is 450 g/mol. The molecule has 1 aliphatic rings. The second-order valence-corrected chi connectivity index (χ2v) is 9.51. The van der Waals surface area contributed by atoms with Gasteiger partial charge in [-0.15, -0.1) is 11.3 Å². The summed E-state index contributed by atoms with van der Waals surface area (Å²) in [4.78, 5) is 32.1. The second kappa shape index (κ2) is 8.95. The summed E-state index contributed by atoms with van der Waals surface area (Å²) in [6, 6.07) is 12.7. The van der Waals surface area contributed by atoms with Gasteiger partial charge < -0.3 is 19.7 Å². The number of benzene rings is 2. The molecule has 2 aromatic carbocycles. The predicted octanol–water partition coefficient (Wildman–Crippen LogP) is 5.48. The van der Waals surface area contributed by atoms with Crippen molar-refractivity contribution in [3.05, 3.63) is 75.4 Å². The lowest BCUT2D eigenvalue weighted by Gasteiger charge is -2.30. The fourth-order valence-corrected chi connectivity index (χ4v) is 5.25. The normalized spacial score (nSPS) is 14.5. The number of thiazole rings is 1. The zero-order valence-electron chi connectivity index (χ0n) is 19.0. The van der Waals surface area contributed by atoms with Crippen molar-refractivity contribution in [1.82, 2.24) is 9.88 Å². The molecule has 4 aromatic rings. The lowest BCUT2D eigenvalue weighted by atomic mass is 9.97. The number of anilines is 1. The van der Waals surface area contributed by atoms with Crippen LogP contribution in [0.2, 0.25) is 0 Å². The van der Waals surface area contributed by atoms with E-state index in [1.807, 2.05) is 43.0 Å². The summed E-state index contributed by atoms with van der Waals surface area (Å²) in [6.45, 7) is 4.91. The summed E-state index contributed by atoms with van der Waals surface area (Å²) in [7, 11) is 0. The number of phenols is 1. The number of nitrogens with zero attached hydrogens (tertiary/aromatic N) is 2. The van der Waals surface area contributed by atoms with Crippen LogP contribution in [0.15, 0.2) is 52.3 Å². The summed E-state index contributed by atoms with van der Waals surface area (Å²) < 4.78 is 5.74. The number of hydrogen-bond donors (Lipinski definition) is 2. The molecule has 0 unspecified atom stereocenters. The predicted molar refractivity (Wildman–Crippen MR) is 132 cm³/mol. The van der Waals surface area contributed by atoms with E-state index in [9.17, 15) is 14.7 Å². The van der Waals surface area contributed by atoms with Crippen molar-refractivity contribution < 1.29 is 19.1 Å². The average molecular weight is 476 g/mol. The number of amides is 2. The van der Waals surface area contributed by atoms with Gasteiger partial charge in [-0.2, -0.15) is 0 Å². The van der Waals surface area contributed by atoms with E-state index in [2.05, 4.69) is 10.3 Å². The second-order valence-electron chi connectivity index (χ2n) is 8.62. The Hall–Kier alpha value is -3.65. The molecule has 0 atom stereocenters. The lowest BCUT2D eigenvalue weighted by Crippen LogP contribution is -2.37. The van der Waals surface area contributed by atoms with E-state index in [0.717, 1.165) is 34.4 Å². The molecule has 2 N–H and O–H groups in total. The number of fused-ring (bicyclic) bond motifs is 1.